The Hall–Kier alpha value is -1.40. The van der Waals surface area contributed by atoms with Crippen LogP contribution in [0.3, 0.4) is 0 Å². The lowest BCUT2D eigenvalue weighted by molar-refractivity contribution is -0.120. The molecule has 0 aliphatic carbocycles. The molecule has 0 aliphatic rings. The van der Waals surface area contributed by atoms with Gasteiger partial charge in [-0.25, -0.2) is 5.43 Å². The van der Waals surface area contributed by atoms with Gasteiger partial charge in [-0.15, -0.1) is 11.8 Å². The molecule has 0 spiro atoms. The number of benzene rings is 2. The van der Waals surface area contributed by atoms with Gasteiger partial charge in [0.25, 0.3) is 0 Å². The van der Waals surface area contributed by atoms with Crippen molar-refractivity contribution in [2.45, 2.75) is 24.7 Å². The van der Waals surface area contributed by atoms with Crippen molar-refractivity contribution in [2.24, 2.45) is 5.10 Å². The highest BCUT2D eigenvalue weighted by molar-refractivity contribution is 7.98. The van der Waals surface area contributed by atoms with Gasteiger partial charge in [0.1, 0.15) is 0 Å². The number of hydrazone groups is 1. The van der Waals surface area contributed by atoms with Crippen LogP contribution in [-0.2, 0) is 11.2 Å². The Morgan fingerprint density at radius 3 is 2.56 bits per heavy atom. The van der Waals surface area contributed by atoms with Crippen LogP contribution in [0.4, 0.5) is 0 Å². The first-order chi connectivity index (χ1) is 12.9. The molecule has 1 amide bonds. The van der Waals surface area contributed by atoms with Gasteiger partial charge in [0.2, 0.25) is 5.91 Å². The number of halogens is 3. The van der Waals surface area contributed by atoms with E-state index in [1.165, 1.54) is 6.21 Å². The lowest BCUT2D eigenvalue weighted by atomic mass is 10.1. The number of ether oxygens (including phenoxy) is 1. The predicted octanol–water partition coefficient (Wildman–Crippen LogP) is 5.85. The number of nitrogens with zero attached hydrogens (tertiary/aromatic N) is 1. The molecule has 0 atom stereocenters. The van der Waals surface area contributed by atoms with E-state index in [-0.39, 0.29) is 12.3 Å². The number of amides is 1. The van der Waals surface area contributed by atoms with Crippen LogP contribution in [0.2, 0.25) is 15.1 Å². The number of nitrogens with one attached hydrogen (secondary N) is 1. The van der Waals surface area contributed by atoms with Crippen LogP contribution in [0.15, 0.2) is 40.3 Å². The summed E-state index contributed by atoms with van der Waals surface area (Å²) in [6, 6.07) is 8.83. The first-order valence-corrected chi connectivity index (χ1v) is 10.6. The molecule has 0 unspecified atom stereocenters. The van der Waals surface area contributed by atoms with Gasteiger partial charge < -0.3 is 4.74 Å². The number of thioether (sulfide) groups is 1. The van der Waals surface area contributed by atoms with E-state index >= 15 is 0 Å². The molecular formula is C19H19Cl3N2O2S. The van der Waals surface area contributed by atoms with E-state index < -0.39 is 0 Å². The molecule has 0 heterocycles. The Kier molecular flexibility index (Phi) is 8.77. The van der Waals surface area contributed by atoms with Crippen LogP contribution in [0.5, 0.6) is 5.75 Å². The second kappa shape index (κ2) is 10.8. The molecule has 2 aromatic carbocycles. The first-order valence-electron chi connectivity index (χ1n) is 8.20. The molecule has 144 valence electrons. The Balaban J connectivity index is 2.01. The molecule has 0 aliphatic heterocycles. The van der Waals surface area contributed by atoms with Gasteiger partial charge in [0.15, 0.2) is 5.75 Å². The Labute approximate surface area is 178 Å². The first kappa shape index (κ1) is 21.9. The number of hydrogen-bond acceptors (Lipinski definition) is 4. The summed E-state index contributed by atoms with van der Waals surface area (Å²) in [5, 5.41) is 5.35. The van der Waals surface area contributed by atoms with Crippen molar-refractivity contribution in [2.75, 3.05) is 12.9 Å². The summed E-state index contributed by atoms with van der Waals surface area (Å²) >= 11 is 20.0. The lowest BCUT2D eigenvalue weighted by Gasteiger charge is -2.09. The molecule has 2 rings (SSSR count). The van der Waals surface area contributed by atoms with Crippen molar-refractivity contribution < 1.29 is 9.53 Å². The summed E-state index contributed by atoms with van der Waals surface area (Å²) in [5.74, 6) is 0.204. The van der Waals surface area contributed by atoms with Crippen molar-refractivity contribution in [1.82, 2.24) is 5.43 Å². The number of rotatable bonds is 8. The molecule has 4 nitrogen and oxygen atoms in total. The van der Waals surface area contributed by atoms with Crippen molar-refractivity contribution >= 4 is 58.7 Å². The average Bonchev–Trinajstić information content (AvgIpc) is 2.61. The van der Waals surface area contributed by atoms with E-state index in [9.17, 15) is 4.79 Å². The molecule has 1 N–H and O–H groups in total. The maximum absolute atomic E-state index is 12.1. The van der Waals surface area contributed by atoms with Crippen molar-refractivity contribution in [3.63, 3.8) is 0 Å². The van der Waals surface area contributed by atoms with Crippen molar-refractivity contribution in [3.8, 4) is 5.75 Å². The number of carbonyl (C=O) groups excluding carboxylic acids is 1. The Bertz CT molecular complexity index is 821. The SMILES string of the molecule is CCCOc1c(Cl)cc(/C=N\NC(=O)Cc2cc(Cl)ccc2SC)cc1Cl. The van der Waals surface area contributed by atoms with E-state index in [2.05, 4.69) is 10.5 Å². The van der Waals surface area contributed by atoms with E-state index in [4.69, 9.17) is 39.5 Å². The number of carbonyl (C=O) groups is 1. The average molecular weight is 446 g/mol. The minimum atomic E-state index is -0.246. The predicted molar refractivity (Wildman–Crippen MR) is 115 cm³/mol. The van der Waals surface area contributed by atoms with E-state index in [0.29, 0.717) is 33.0 Å². The van der Waals surface area contributed by atoms with Crippen LogP contribution < -0.4 is 10.2 Å². The maximum atomic E-state index is 12.1. The highest BCUT2D eigenvalue weighted by atomic mass is 35.5. The second-order valence-corrected chi connectivity index (χ2v) is 7.69. The minimum absolute atomic E-state index is 0.180. The van der Waals surface area contributed by atoms with E-state index in [0.717, 1.165) is 16.9 Å². The normalized spacial score (nSPS) is 11.0. The van der Waals surface area contributed by atoms with Gasteiger partial charge >= 0.3 is 0 Å². The molecule has 0 saturated heterocycles. The van der Waals surface area contributed by atoms with Crippen molar-refractivity contribution in [1.29, 1.82) is 0 Å². The topological polar surface area (TPSA) is 50.7 Å². The van der Waals surface area contributed by atoms with Crippen molar-refractivity contribution in [3.05, 3.63) is 56.5 Å². The number of hydrogen-bond donors (Lipinski definition) is 1. The molecule has 2 aromatic rings. The molecule has 27 heavy (non-hydrogen) atoms. The fourth-order valence-electron chi connectivity index (χ4n) is 2.27. The van der Waals surface area contributed by atoms with Crippen LogP contribution in [0, 0.1) is 0 Å². The van der Waals surface area contributed by atoms with Crippen LogP contribution >= 0.6 is 46.6 Å². The lowest BCUT2D eigenvalue weighted by Crippen LogP contribution is -2.20. The van der Waals surface area contributed by atoms with Gasteiger partial charge in [0.05, 0.1) is 29.3 Å². The fraction of sp³-hybridized carbons (Fsp3) is 0.263. The second-order valence-electron chi connectivity index (χ2n) is 5.59. The minimum Gasteiger partial charge on any atom is -0.490 e. The molecule has 8 heteroatoms. The van der Waals surface area contributed by atoms with Crippen LogP contribution in [0.25, 0.3) is 0 Å². The zero-order valence-corrected chi connectivity index (χ0v) is 18.0. The Morgan fingerprint density at radius 2 is 1.93 bits per heavy atom. The van der Waals surface area contributed by atoms with Crippen LogP contribution in [0.1, 0.15) is 24.5 Å². The fourth-order valence-corrected chi connectivity index (χ4v) is 3.68. The third kappa shape index (κ3) is 6.61. The summed E-state index contributed by atoms with van der Waals surface area (Å²) in [6.45, 7) is 2.53. The van der Waals surface area contributed by atoms with E-state index in [1.54, 1.807) is 36.0 Å². The summed E-state index contributed by atoms with van der Waals surface area (Å²) in [5.41, 5.74) is 4.01. The third-order valence-corrected chi connectivity index (χ3v) is 5.10. The monoisotopic (exact) mass is 444 g/mol. The highest BCUT2D eigenvalue weighted by Crippen LogP contribution is 2.34. The van der Waals surface area contributed by atoms with Gasteiger partial charge in [-0.05, 0) is 54.1 Å². The van der Waals surface area contributed by atoms with Gasteiger partial charge in [-0.3, -0.25) is 4.79 Å². The van der Waals surface area contributed by atoms with Gasteiger partial charge in [0, 0.05) is 9.92 Å². The third-order valence-electron chi connectivity index (χ3n) is 3.47. The zero-order valence-electron chi connectivity index (χ0n) is 14.9. The Morgan fingerprint density at radius 1 is 1.22 bits per heavy atom. The summed E-state index contributed by atoms with van der Waals surface area (Å²) in [7, 11) is 0. The smallest absolute Gasteiger partial charge is 0.244 e. The standard InChI is InChI=1S/C19H19Cl3N2O2S/c1-3-6-26-19-15(21)7-12(8-16(19)22)11-23-24-18(25)10-13-9-14(20)4-5-17(13)27-2/h4-5,7-9,11H,3,6,10H2,1-2H3,(H,24,25)/b23-11-. The molecule has 0 radical (unpaired) electrons. The summed E-state index contributed by atoms with van der Waals surface area (Å²) in [6.07, 6.45) is 4.46. The summed E-state index contributed by atoms with van der Waals surface area (Å²) < 4.78 is 5.52. The van der Waals surface area contributed by atoms with Gasteiger partial charge in [-0.1, -0.05) is 41.7 Å². The molecule has 0 saturated carbocycles. The largest absolute Gasteiger partial charge is 0.490 e. The highest BCUT2D eigenvalue weighted by Gasteiger charge is 2.10. The van der Waals surface area contributed by atoms with Gasteiger partial charge in [-0.2, -0.15) is 5.10 Å². The van der Waals surface area contributed by atoms with E-state index in [1.807, 2.05) is 19.2 Å². The summed E-state index contributed by atoms with van der Waals surface area (Å²) in [4.78, 5) is 13.1. The quantitative estimate of drug-likeness (QED) is 0.315. The molecular weight excluding hydrogens is 427 g/mol. The molecule has 0 bridgehead atoms. The molecule has 0 fully saturated rings. The molecule has 0 aromatic heterocycles. The maximum Gasteiger partial charge on any atom is 0.244 e. The van der Waals surface area contributed by atoms with Crippen LogP contribution in [-0.4, -0.2) is 25.0 Å². The zero-order chi connectivity index (χ0) is 19.8.